The van der Waals surface area contributed by atoms with Gasteiger partial charge in [0, 0.05) is 13.1 Å². The molecule has 8 heteroatoms. The van der Waals surface area contributed by atoms with Crippen molar-refractivity contribution in [1.29, 1.82) is 0 Å². The molecule has 156 valence electrons. The Labute approximate surface area is 171 Å². The van der Waals surface area contributed by atoms with E-state index in [4.69, 9.17) is 4.74 Å². The summed E-state index contributed by atoms with van der Waals surface area (Å²) in [5.74, 6) is -1.14. The molecule has 2 rings (SSSR count). The van der Waals surface area contributed by atoms with E-state index in [1.165, 1.54) is 23.8 Å². The Kier molecular flexibility index (Phi) is 8.35. The minimum absolute atomic E-state index is 0.0257. The molecule has 0 atom stereocenters. The van der Waals surface area contributed by atoms with E-state index in [-0.39, 0.29) is 17.0 Å². The van der Waals surface area contributed by atoms with Crippen LogP contribution in [0.1, 0.15) is 34.8 Å². The lowest BCUT2D eigenvalue weighted by molar-refractivity contribution is -0.124. The van der Waals surface area contributed by atoms with Crippen LogP contribution in [0.25, 0.3) is 0 Å². The van der Waals surface area contributed by atoms with Gasteiger partial charge in [-0.2, -0.15) is 0 Å². The summed E-state index contributed by atoms with van der Waals surface area (Å²) in [6.07, 6.45) is 1.61. The summed E-state index contributed by atoms with van der Waals surface area (Å²) in [5.41, 5.74) is 1.87. The molecule has 0 aliphatic rings. The van der Waals surface area contributed by atoms with Crippen LogP contribution in [0.15, 0.2) is 53.4 Å². The van der Waals surface area contributed by atoms with Gasteiger partial charge in [0.25, 0.3) is 5.91 Å². The summed E-state index contributed by atoms with van der Waals surface area (Å²) >= 11 is 0. The highest BCUT2D eigenvalue weighted by Crippen LogP contribution is 2.16. The summed E-state index contributed by atoms with van der Waals surface area (Å²) in [7, 11) is -3.69. The van der Waals surface area contributed by atoms with Gasteiger partial charge in [-0.25, -0.2) is 17.9 Å². The lowest BCUT2D eigenvalue weighted by Crippen LogP contribution is -2.30. The van der Waals surface area contributed by atoms with Gasteiger partial charge in [-0.1, -0.05) is 43.3 Å². The Hall–Kier alpha value is -2.71. The molecule has 0 saturated carbocycles. The first-order chi connectivity index (χ1) is 13.8. The van der Waals surface area contributed by atoms with Crippen LogP contribution in [-0.4, -0.2) is 40.0 Å². The molecular formula is C21H26N2O5S. The Balaban J connectivity index is 1.84. The zero-order chi connectivity index (χ0) is 21.3. The van der Waals surface area contributed by atoms with E-state index in [2.05, 4.69) is 10.0 Å². The maximum atomic E-state index is 12.3. The molecule has 29 heavy (non-hydrogen) atoms. The lowest BCUT2D eigenvalue weighted by Gasteiger charge is -2.10. The minimum Gasteiger partial charge on any atom is -0.452 e. The normalized spacial score (nSPS) is 11.1. The maximum Gasteiger partial charge on any atom is 0.338 e. The first-order valence-electron chi connectivity index (χ1n) is 9.41. The SMILES string of the molecule is CCNS(=O)(=O)c1ccc(C)c(C(=O)OCC(=O)NCCCc2ccccc2)c1. The molecule has 0 aliphatic heterocycles. The summed E-state index contributed by atoms with van der Waals surface area (Å²) in [4.78, 5) is 24.2. The zero-order valence-electron chi connectivity index (χ0n) is 16.6. The number of nitrogens with one attached hydrogen (secondary N) is 2. The maximum absolute atomic E-state index is 12.3. The predicted octanol–water partition coefficient (Wildman–Crippen LogP) is 2.20. The van der Waals surface area contributed by atoms with Gasteiger partial charge < -0.3 is 10.1 Å². The molecule has 0 aliphatic carbocycles. The van der Waals surface area contributed by atoms with Crippen molar-refractivity contribution in [2.75, 3.05) is 19.7 Å². The van der Waals surface area contributed by atoms with Gasteiger partial charge in [-0.3, -0.25) is 4.79 Å². The monoisotopic (exact) mass is 418 g/mol. The van der Waals surface area contributed by atoms with Crippen molar-refractivity contribution >= 4 is 21.9 Å². The molecule has 0 heterocycles. The fourth-order valence-corrected chi connectivity index (χ4v) is 3.75. The number of aryl methyl sites for hydroxylation is 2. The summed E-state index contributed by atoms with van der Waals surface area (Å²) < 4.78 is 31.6. The molecule has 0 fully saturated rings. The fraction of sp³-hybridized carbons (Fsp3) is 0.333. The molecule has 1 amide bonds. The first-order valence-corrected chi connectivity index (χ1v) is 10.9. The number of hydrogen-bond acceptors (Lipinski definition) is 5. The second kappa shape index (κ2) is 10.7. The Bertz CT molecular complexity index is 943. The molecule has 2 N–H and O–H groups in total. The van der Waals surface area contributed by atoms with Gasteiger partial charge in [0.15, 0.2) is 6.61 Å². The van der Waals surface area contributed by atoms with Gasteiger partial charge in [0.05, 0.1) is 10.5 Å². The predicted molar refractivity (Wildman–Crippen MR) is 110 cm³/mol. The second-order valence-electron chi connectivity index (χ2n) is 6.49. The van der Waals surface area contributed by atoms with Crippen LogP contribution in [0.4, 0.5) is 0 Å². The molecule has 2 aromatic rings. The van der Waals surface area contributed by atoms with E-state index < -0.39 is 28.5 Å². The fourth-order valence-electron chi connectivity index (χ4n) is 2.69. The third-order valence-corrected chi connectivity index (χ3v) is 5.76. The van der Waals surface area contributed by atoms with E-state index >= 15 is 0 Å². The Morgan fingerprint density at radius 3 is 2.48 bits per heavy atom. The number of amides is 1. The molecule has 7 nitrogen and oxygen atoms in total. The zero-order valence-corrected chi connectivity index (χ0v) is 17.4. The summed E-state index contributed by atoms with van der Waals surface area (Å²) in [6, 6.07) is 14.1. The number of esters is 1. The van der Waals surface area contributed by atoms with Crippen LogP contribution >= 0.6 is 0 Å². The van der Waals surface area contributed by atoms with Crippen molar-refractivity contribution in [2.24, 2.45) is 0 Å². The largest absolute Gasteiger partial charge is 0.452 e. The van der Waals surface area contributed by atoms with Crippen LogP contribution in [-0.2, 0) is 26.0 Å². The second-order valence-corrected chi connectivity index (χ2v) is 8.26. The van der Waals surface area contributed by atoms with Gasteiger partial charge in [0.1, 0.15) is 0 Å². The standard InChI is InChI=1S/C21H26N2O5S/c1-3-23-29(26,27)18-12-11-16(2)19(14-18)21(25)28-15-20(24)22-13-7-10-17-8-5-4-6-9-17/h4-6,8-9,11-12,14,23H,3,7,10,13,15H2,1-2H3,(H,22,24). The van der Waals surface area contributed by atoms with Crippen LogP contribution in [0, 0.1) is 6.92 Å². The van der Waals surface area contributed by atoms with Crippen molar-refractivity contribution in [1.82, 2.24) is 10.0 Å². The van der Waals surface area contributed by atoms with Crippen molar-refractivity contribution < 1.29 is 22.7 Å². The average Bonchev–Trinajstić information content (AvgIpc) is 2.70. The highest BCUT2D eigenvalue weighted by molar-refractivity contribution is 7.89. The van der Waals surface area contributed by atoms with Crippen molar-refractivity contribution in [3.8, 4) is 0 Å². The number of benzene rings is 2. The highest BCUT2D eigenvalue weighted by Gasteiger charge is 2.18. The number of hydrogen-bond donors (Lipinski definition) is 2. The average molecular weight is 419 g/mol. The number of sulfonamides is 1. The lowest BCUT2D eigenvalue weighted by atomic mass is 10.1. The molecular weight excluding hydrogens is 392 g/mol. The van der Waals surface area contributed by atoms with E-state index in [9.17, 15) is 18.0 Å². The van der Waals surface area contributed by atoms with Crippen molar-refractivity contribution in [3.05, 3.63) is 65.2 Å². The number of ether oxygens (including phenoxy) is 1. The molecule has 0 unspecified atom stereocenters. The van der Waals surface area contributed by atoms with Crippen LogP contribution in [0.5, 0.6) is 0 Å². The number of carbonyl (C=O) groups excluding carboxylic acids is 2. The summed E-state index contributed by atoms with van der Waals surface area (Å²) in [6.45, 7) is 3.62. The van der Waals surface area contributed by atoms with Gasteiger partial charge >= 0.3 is 5.97 Å². The molecule has 2 aromatic carbocycles. The van der Waals surface area contributed by atoms with E-state index in [0.717, 1.165) is 12.8 Å². The van der Waals surface area contributed by atoms with Crippen LogP contribution in [0.2, 0.25) is 0 Å². The highest BCUT2D eigenvalue weighted by atomic mass is 32.2. The van der Waals surface area contributed by atoms with Crippen molar-refractivity contribution in [2.45, 2.75) is 31.6 Å². The number of carbonyl (C=O) groups is 2. The molecule has 0 aromatic heterocycles. The number of rotatable bonds is 10. The third kappa shape index (κ3) is 6.99. The van der Waals surface area contributed by atoms with Crippen molar-refractivity contribution in [3.63, 3.8) is 0 Å². The summed E-state index contributed by atoms with van der Waals surface area (Å²) in [5, 5.41) is 2.70. The minimum atomic E-state index is -3.69. The van der Waals surface area contributed by atoms with E-state index in [0.29, 0.717) is 12.1 Å². The molecule has 0 radical (unpaired) electrons. The third-order valence-electron chi connectivity index (χ3n) is 4.22. The Morgan fingerprint density at radius 2 is 1.79 bits per heavy atom. The molecule has 0 saturated heterocycles. The van der Waals surface area contributed by atoms with Crippen LogP contribution < -0.4 is 10.0 Å². The van der Waals surface area contributed by atoms with E-state index in [1.54, 1.807) is 13.8 Å². The van der Waals surface area contributed by atoms with Crippen LogP contribution in [0.3, 0.4) is 0 Å². The van der Waals surface area contributed by atoms with Gasteiger partial charge in [-0.05, 0) is 43.0 Å². The quantitative estimate of drug-likeness (QED) is 0.455. The Morgan fingerprint density at radius 1 is 1.07 bits per heavy atom. The first kappa shape index (κ1) is 22.6. The molecule has 0 bridgehead atoms. The van der Waals surface area contributed by atoms with Gasteiger partial charge in [0.2, 0.25) is 10.0 Å². The van der Waals surface area contributed by atoms with E-state index in [1.807, 2.05) is 30.3 Å². The van der Waals surface area contributed by atoms with Gasteiger partial charge in [-0.15, -0.1) is 0 Å². The topological polar surface area (TPSA) is 102 Å². The smallest absolute Gasteiger partial charge is 0.338 e. The molecule has 0 spiro atoms.